The smallest absolute Gasteiger partial charge is 0.179 e. The van der Waals surface area contributed by atoms with Gasteiger partial charge in [0.15, 0.2) is 5.82 Å². The Bertz CT molecular complexity index is 1310. The van der Waals surface area contributed by atoms with Gasteiger partial charge in [0, 0.05) is 49.5 Å². The number of nitrogens with one attached hydrogen (secondary N) is 1. The number of fused-ring (bicyclic) bond motifs is 5. The topological polar surface area (TPSA) is 50.9 Å². The van der Waals surface area contributed by atoms with Crippen molar-refractivity contribution in [2.75, 3.05) is 31.6 Å². The first-order valence-corrected chi connectivity index (χ1v) is 11.1. The molecule has 2 aromatic heterocycles. The van der Waals surface area contributed by atoms with E-state index in [0.29, 0.717) is 26.2 Å². The molecule has 2 aliphatic rings. The molecule has 0 bridgehead atoms. The van der Waals surface area contributed by atoms with Crippen LogP contribution in [0, 0.1) is 11.7 Å². The van der Waals surface area contributed by atoms with Gasteiger partial charge in [-0.15, -0.1) is 0 Å². The van der Waals surface area contributed by atoms with Crippen LogP contribution in [0.25, 0.3) is 28.3 Å². The summed E-state index contributed by atoms with van der Waals surface area (Å²) in [6, 6.07) is 14.8. The van der Waals surface area contributed by atoms with E-state index in [0.717, 1.165) is 39.6 Å². The average molecular weight is 447 g/mol. The quantitative estimate of drug-likeness (QED) is 0.455. The lowest BCUT2D eigenvalue weighted by Crippen LogP contribution is -2.26. The molecule has 0 spiro atoms. The van der Waals surface area contributed by atoms with Gasteiger partial charge in [-0.05, 0) is 54.6 Å². The van der Waals surface area contributed by atoms with E-state index < -0.39 is 6.17 Å². The van der Waals surface area contributed by atoms with Gasteiger partial charge in [-0.25, -0.2) is 18.4 Å². The minimum absolute atomic E-state index is 0.00922. The molecule has 0 radical (unpaired) electrons. The largest absolute Gasteiger partial charge is 0.368 e. The number of hydrogen-bond acceptors (Lipinski definition) is 4. The summed E-state index contributed by atoms with van der Waals surface area (Å²) in [6.45, 7) is 2.41. The van der Waals surface area contributed by atoms with E-state index in [1.165, 1.54) is 12.1 Å². The third-order valence-electron chi connectivity index (χ3n) is 6.68. The van der Waals surface area contributed by atoms with Crippen molar-refractivity contribution in [1.82, 2.24) is 24.6 Å². The van der Waals surface area contributed by atoms with Gasteiger partial charge in [0.2, 0.25) is 0 Å². The molecule has 168 valence electrons. The van der Waals surface area contributed by atoms with E-state index in [1.54, 1.807) is 18.5 Å². The predicted molar refractivity (Wildman–Crippen MR) is 124 cm³/mol. The number of rotatable bonds is 4. The number of benzene rings is 2. The van der Waals surface area contributed by atoms with Crippen LogP contribution in [0.5, 0.6) is 0 Å². The van der Waals surface area contributed by atoms with Crippen LogP contribution < -0.4 is 10.2 Å². The molecular formula is C25H24F2N6. The second-order valence-corrected chi connectivity index (χ2v) is 8.80. The lowest BCUT2D eigenvalue weighted by molar-refractivity contribution is 0.280. The molecule has 2 atom stereocenters. The highest BCUT2D eigenvalue weighted by Crippen LogP contribution is 2.35. The van der Waals surface area contributed by atoms with Crippen molar-refractivity contribution < 1.29 is 8.78 Å². The molecule has 4 heterocycles. The zero-order chi connectivity index (χ0) is 22.5. The number of aromatic nitrogens is 4. The van der Waals surface area contributed by atoms with E-state index >= 15 is 0 Å². The Labute approximate surface area is 190 Å². The summed E-state index contributed by atoms with van der Waals surface area (Å²) < 4.78 is 31.9. The number of nitrogens with zero attached hydrogens (tertiary/aromatic N) is 5. The Morgan fingerprint density at radius 3 is 2.73 bits per heavy atom. The fourth-order valence-electron chi connectivity index (χ4n) is 5.00. The minimum Gasteiger partial charge on any atom is -0.368 e. The van der Waals surface area contributed by atoms with Crippen LogP contribution in [0.15, 0.2) is 61.1 Å². The molecule has 6 rings (SSSR count). The Morgan fingerprint density at radius 1 is 1.06 bits per heavy atom. The summed E-state index contributed by atoms with van der Waals surface area (Å²) in [5, 5.41) is 7.59. The molecule has 4 aromatic rings. The van der Waals surface area contributed by atoms with Gasteiger partial charge in [0.1, 0.15) is 18.3 Å². The van der Waals surface area contributed by atoms with E-state index in [1.807, 2.05) is 17.8 Å². The molecule has 6 nitrogen and oxygen atoms in total. The van der Waals surface area contributed by atoms with Crippen molar-refractivity contribution in [3.05, 3.63) is 72.4 Å². The monoisotopic (exact) mass is 446 g/mol. The van der Waals surface area contributed by atoms with Crippen LogP contribution in [-0.4, -0.2) is 52.2 Å². The van der Waals surface area contributed by atoms with Gasteiger partial charge in [-0.1, -0.05) is 12.1 Å². The molecule has 1 fully saturated rings. The highest BCUT2D eigenvalue weighted by atomic mass is 19.1. The van der Waals surface area contributed by atoms with Crippen LogP contribution in [0.2, 0.25) is 0 Å². The standard InChI is InChI=1S/C25H24F2N6/c1-28-10-19-13-31(14-22(19)27)21-6-7-23-18(8-21)12-32-11-17(16-2-4-20(26)5-3-16)9-24(32)25-29-15-30-33(23)25/h2-9,11,15,19,22,28H,10,12-14H2,1H3. The molecule has 1 N–H and O–H groups in total. The van der Waals surface area contributed by atoms with Gasteiger partial charge in [-0.2, -0.15) is 5.10 Å². The Kier molecular flexibility index (Phi) is 4.76. The second-order valence-electron chi connectivity index (χ2n) is 8.80. The predicted octanol–water partition coefficient (Wildman–Crippen LogP) is 3.90. The average Bonchev–Trinajstić information content (AvgIpc) is 3.52. The van der Waals surface area contributed by atoms with Crippen LogP contribution in [0.4, 0.5) is 14.5 Å². The van der Waals surface area contributed by atoms with Gasteiger partial charge in [0.25, 0.3) is 0 Å². The number of alkyl halides is 1. The maximum atomic E-state index is 14.5. The summed E-state index contributed by atoms with van der Waals surface area (Å²) in [5.74, 6) is 0.495. The molecule has 1 saturated heterocycles. The summed E-state index contributed by atoms with van der Waals surface area (Å²) >= 11 is 0. The number of halogens is 2. The summed E-state index contributed by atoms with van der Waals surface area (Å²) in [4.78, 5) is 6.65. The third kappa shape index (κ3) is 3.41. The Balaban J connectivity index is 1.39. The minimum atomic E-state index is -0.840. The molecule has 2 aromatic carbocycles. The van der Waals surface area contributed by atoms with Crippen LogP contribution in [0.1, 0.15) is 5.56 Å². The molecule has 0 aliphatic carbocycles. The SMILES string of the molecule is CNCC1CN(c2ccc3c(c2)Cn2cc(-c4ccc(F)cc4)cc2-c2ncnn2-3)CC1F. The van der Waals surface area contributed by atoms with Crippen molar-refractivity contribution in [2.45, 2.75) is 12.7 Å². The lowest BCUT2D eigenvalue weighted by Gasteiger charge is -2.20. The summed E-state index contributed by atoms with van der Waals surface area (Å²) in [5.41, 5.74) is 5.97. The molecular weight excluding hydrogens is 422 g/mol. The van der Waals surface area contributed by atoms with E-state index in [-0.39, 0.29) is 11.7 Å². The zero-order valence-corrected chi connectivity index (χ0v) is 18.2. The first-order valence-electron chi connectivity index (χ1n) is 11.1. The lowest BCUT2D eigenvalue weighted by atomic mass is 10.1. The van der Waals surface area contributed by atoms with Crippen molar-refractivity contribution in [1.29, 1.82) is 0 Å². The third-order valence-corrected chi connectivity index (χ3v) is 6.68. The first-order chi connectivity index (χ1) is 16.1. The molecule has 0 amide bonds. The summed E-state index contributed by atoms with van der Waals surface area (Å²) in [7, 11) is 1.86. The number of hydrogen-bond donors (Lipinski definition) is 1. The van der Waals surface area contributed by atoms with Crippen LogP contribution >= 0.6 is 0 Å². The Morgan fingerprint density at radius 2 is 1.91 bits per heavy atom. The highest BCUT2D eigenvalue weighted by Gasteiger charge is 2.33. The highest BCUT2D eigenvalue weighted by molar-refractivity contribution is 5.71. The fraction of sp³-hybridized carbons (Fsp3) is 0.280. The molecule has 2 unspecified atom stereocenters. The van der Waals surface area contributed by atoms with Gasteiger partial charge in [0.05, 0.1) is 11.4 Å². The Hall–Kier alpha value is -3.52. The first kappa shape index (κ1) is 20.1. The summed E-state index contributed by atoms with van der Waals surface area (Å²) in [6.07, 6.45) is 2.79. The maximum Gasteiger partial charge on any atom is 0.179 e. The van der Waals surface area contributed by atoms with E-state index in [4.69, 9.17) is 0 Å². The van der Waals surface area contributed by atoms with Gasteiger partial charge >= 0.3 is 0 Å². The second kappa shape index (κ2) is 7.81. The van der Waals surface area contributed by atoms with Crippen LogP contribution in [0.3, 0.4) is 0 Å². The van der Waals surface area contributed by atoms with Crippen molar-refractivity contribution >= 4 is 5.69 Å². The van der Waals surface area contributed by atoms with Crippen molar-refractivity contribution in [3.8, 4) is 28.3 Å². The van der Waals surface area contributed by atoms with Gasteiger partial charge < -0.3 is 14.8 Å². The molecule has 2 aliphatic heterocycles. The fourth-order valence-corrected chi connectivity index (χ4v) is 5.00. The molecule has 0 saturated carbocycles. The van der Waals surface area contributed by atoms with E-state index in [9.17, 15) is 8.78 Å². The number of anilines is 1. The van der Waals surface area contributed by atoms with Crippen LogP contribution in [-0.2, 0) is 6.54 Å². The molecule has 8 heteroatoms. The zero-order valence-electron chi connectivity index (χ0n) is 18.2. The maximum absolute atomic E-state index is 14.5. The van der Waals surface area contributed by atoms with E-state index in [2.05, 4.69) is 49.3 Å². The molecule has 33 heavy (non-hydrogen) atoms. The van der Waals surface area contributed by atoms with Gasteiger partial charge in [-0.3, -0.25) is 0 Å². The van der Waals surface area contributed by atoms with Crippen molar-refractivity contribution in [3.63, 3.8) is 0 Å². The normalized spacial score (nSPS) is 19.2. The van der Waals surface area contributed by atoms with Crippen molar-refractivity contribution in [2.24, 2.45) is 5.92 Å².